The Bertz CT molecular complexity index is 695. The molecule has 0 fully saturated rings. The normalized spacial score (nSPS) is 10.5. The second-order valence-electron chi connectivity index (χ2n) is 4.40. The highest BCUT2D eigenvalue weighted by Crippen LogP contribution is 2.29. The molecule has 2 rings (SSSR count). The van der Waals surface area contributed by atoms with Crippen LogP contribution in [0.25, 0.3) is 0 Å². The van der Waals surface area contributed by atoms with E-state index in [4.69, 9.17) is 4.74 Å². The molecule has 0 saturated heterocycles. The van der Waals surface area contributed by atoms with Crippen LogP contribution in [0.1, 0.15) is 10.4 Å². The Morgan fingerprint density at radius 2 is 1.91 bits per heavy atom. The van der Waals surface area contributed by atoms with Crippen molar-refractivity contribution in [3.63, 3.8) is 0 Å². The van der Waals surface area contributed by atoms with Gasteiger partial charge in [-0.15, -0.1) is 11.8 Å². The zero-order chi connectivity index (χ0) is 16.8. The largest absolute Gasteiger partial charge is 0.496 e. The molecule has 7 heteroatoms. The summed E-state index contributed by atoms with van der Waals surface area (Å²) in [5.74, 6) is -0.169. The highest BCUT2D eigenvalue weighted by Gasteiger charge is 2.16. The number of amides is 1. The molecule has 0 bridgehead atoms. The van der Waals surface area contributed by atoms with E-state index in [1.165, 1.54) is 31.0 Å². The van der Waals surface area contributed by atoms with Crippen molar-refractivity contribution in [1.82, 2.24) is 0 Å². The molecule has 2 aromatic rings. The molecule has 0 aliphatic carbocycles. The second-order valence-corrected chi connectivity index (χ2v) is 5.27. The van der Waals surface area contributed by atoms with Gasteiger partial charge in [0.25, 0.3) is 5.91 Å². The standard InChI is InChI=1S/C16H15F2NO3S/c1-21-14-9-10(23-2)7-8-11(14)15(20)19-12-5-3-4-6-13(12)22-16(17)18/h3-9,16H,1-2H3,(H,19,20). The van der Waals surface area contributed by atoms with Crippen molar-refractivity contribution >= 4 is 23.4 Å². The second kappa shape index (κ2) is 7.82. The van der Waals surface area contributed by atoms with Gasteiger partial charge in [-0.1, -0.05) is 12.1 Å². The van der Waals surface area contributed by atoms with Crippen LogP contribution in [-0.2, 0) is 0 Å². The average molecular weight is 339 g/mol. The van der Waals surface area contributed by atoms with Gasteiger partial charge in [0.1, 0.15) is 11.5 Å². The zero-order valence-electron chi connectivity index (χ0n) is 12.5. The van der Waals surface area contributed by atoms with E-state index in [-0.39, 0.29) is 11.4 Å². The molecule has 0 aromatic heterocycles. The van der Waals surface area contributed by atoms with Crippen molar-refractivity contribution in [2.45, 2.75) is 11.5 Å². The van der Waals surface area contributed by atoms with E-state index in [0.717, 1.165) is 4.90 Å². The molecule has 0 unspecified atom stereocenters. The first-order chi connectivity index (χ1) is 11.0. The van der Waals surface area contributed by atoms with Gasteiger partial charge in [0, 0.05) is 4.90 Å². The molecule has 0 aliphatic heterocycles. The fourth-order valence-corrected chi connectivity index (χ4v) is 2.37. The minimum absolute atomic E-state index is 0.101. The summed E-state index contributed by atoms with van der Waals surface area (Å²) in [7, 11) is 1.46. The Morgan fingerprint density at radius 1 is 1.17 bits per heavy atom. The number of carbonyl (C=O) groups excluding carboxylic acids is 1. The molecule has 4 nitrogen and oxygen atoms in total. The van der Waals surface area contributed by atoms with E-state index in [1.54, 1.807) is 30.3 Å². The summed E-state index contributed by atoms with van der Waals surface area (Å²) < 4.78 is 34.4. The zero-order valence-corrected chi connectivity index (χ0v) is 13.3. The molecule has 0 heterocycles. The Kier molecular flexibility index (Phi) is 5.81. The molecule has 0 aliphatic rings. The third kappa shape index (κ3) is 4.35. The van der Waals surface area contributed by atoms with E-state index in [2.05, 4.69) is 10.1 Å². The number of methoxy groups -OCH3 is 1. The first-order valence-corrected chi connectivity index (χ1v) is 7.85. The smallest absolute Gasteiger partial charge is 0.387 e. The van der Waals surface area contributed by atoms with Gasteiger partial charge < -0.3 is 14.8 Å². The number of para-hydroxylation sites is 2. The summed E-state index contributed by atoms with van der Waals surface area (Å²) in [6.07, 6.45) is 1.91. The Labute approximate surface area is 136 Å². The number of alkyl halides is 2. The van der Waals surface area contributed by atoms with E-state index < -0.39 is 12.5 Å². The molecule has 0 saturated carbocycles. The summed E-state index contributed by atoms with van der Waals surface area (Å²) in [5, 5.41) is 2.56. The maximum absolute atomic E-state index is 12.4. The lowest BCUT2D eigenvalue weighted by Gasteiger charge is -2.13. The first kappa shape index (κ1) is 17.1. The molecule has 0 radical (unpaired) electrons. The number of ether oxygens (including phenoxy) is 2. The van der Waals surface area contributed by atoms with Crippen LogP contribution in [0.3, 0.4) is 0 Å². The van der Waals surface area contributed by atoms with Gasteiger partial charge in [-0.3, -0.25) is 4.79 Å². The van der Waals surface area contributed by atoms with Crippen LogP contribution in [0, 0.1) is 0 Å². The van der Waals surface area contributed by atoms with E-state index in [0.29, 0.717) is 11.3 Å². The molecular weight excluding hydrogens is 324 g/mol. The van der Waals surface area contributed by atoms with Crippen molar-refractivity contribution in [2.24, 2.45) is 0 Å². The maximum Gasteiger partial charge on any atom is 0.387 e. The Hall–Kier alpha value is -2.28. The predicted octanol–water partition coefficient (Wildman–Crippen LogP) is 4.27. The van der Waals surface area contributed by atoms with Gasteiger partial charge in [-0.05, 0) is 36.6 Å². The number of halogens is 2. The maximum atomic E-state index is 12.4. The molecule has 2 aromatic carbocycles. The summed E-state index contributed by atoms with van der Waals surface area (Å²) >= 11 is 1.52. The fraction of sp³-hybridized carbons (Fsp3) is 0.188. The summed E-state index contributed by atoms with van der Waals surface area (Å²) in [5.41, 5.74) is 0.464. The minimum Gasteiger partial charge on any atom is -0.496 e. The topological polar surface area (TPSA) is 47.6 Å². The quantitative estimate of drug-likeness (QED) is 0.799. The third-order valence-electron chi connectivity index (χ3n) is 3.00. The van der Waals surface area contributed by atoms with Crippen LogP contribution in [0.2, 0.25) is 0 Å². The molecule has 0 atom stereocenters. The van der Waals surface area contributed by atoms with Crippen LogP contribution in [0.5, 0.6) is 11.5 Å². The lowest BCUT2D eigenvalue weighted by Crippen LogP contribution is -2.15. The van der Waals surface area contributed by atoms with Crippen LogP contribution in [0.4, 0.5) is 14.5 Å². The SMILES string of the molecule is COc1cc(SC)ccc1C(=O)Nc1ccccc1OC(F)F. The van der Waals surface area contributed by atoms with Gasteiger partial charge in [0.05, 0.1) is 18.4 Å². The third-order valence-corrected chi connectivity index (χ3v) is 3.73. The molecule has 1 N–H and O–H groups in total. The number of thioether (sulfide) groups is 1. The lowest BCUT2D eigenvalue weighted by atomic mass is 10.1. The monoisotopic (exact) mass is 339 g/mol. The van der Waals surface area contributed by atoms with Gasteiger partial charge in [0.2, 0.25) is 0 Å². The molecule has 23 heavy (non-hydrogen) atoms. The highest BCUT2D eigenvalue weighted by molar-refractivity contribution is 7.98. The van der Waals surface area contributed by atoms with Crippen LogP contribution in [0.15, 0.2) is 47.4 Å². The van der Waals surface area contributed by atoms with E-state index >= 15 is 0 Å². The number of hydrogen-bond donors (Lipinski definition) is 1. The fourth-order valence-electron chi connectivity index (χ4n) is 1.94. The minimum atomic E-state index is -2.97. The van der Waals surface area contributed by atoms with Crippen molar-refractivity contribution in [3.05, 3.63) is 48.0 Å². The first-order valence-electron chi connectivity index (χ1n) is 6.62. The van der Waals surface area contributed by atoms with Crippen LogP contribution < -0.4 is 14.8 Å². The van der Waals surface area contributed by atoms with Crippen molar-refractivity contribution in [1.29, 1.82) is 0 Å². The van der Waals surface area contributed by atoms with Gasteiger partial charge in [-0.25, -0.2) is 0 Å². The average Bonchev–Trinajstić information content (AvgIpc) is 2.55. The Morgan fingerprint density at radius 3 is 2.57 bits per heavy atom. The van der Waals surface area contributed by atoms with Crippen molar-refractivity contribution in [2.75, 3.05) is 18.7 Å². The highest BCUT2D eigenvalue weighted by atomic mass is 32.2. The van der Waals surface area contributed by atoms with Gasteiger partial charge in [0.15, 0.2) is 0 Å². The number of hydrogen-bond acceptors (Lipinski definition) is 4. The summed E-state index contributed by atoms with van der Waals surface area (Å²) in [6.45, 7) is -2.97. The number of nitrogens with one attached hydrogen (secondary N) is 1. The predicted molar refractivity (Wildman–Crippen MR) is 85.8 cm³/mol. The number of rotatable bonds is 6. The van der Waals surface area contributed by atoms with E-state index in [9.17, 15) is 13.6 Å². The number of anilines is 1. The van der Waals surface area contributed by atoms with Crippen LogP contribution in [-0.4, -0.2) is 25.9 Å². The van der Waals surface area contributed by atoms with Crippen molar-refractivity contribution < 1.29 is 23.0 Å². The Balaban J connectivity index is 2.26. The lowest BCUT2D eigenvalue weighted by molar-refractivity contribution is -0.0493. The molecule has 1 amide bonds. The van der Waals surface area contributed by atoms with Crippen molar-refractivity contribution in [3.8, 4) is 11.5 Å². The molecular formula is C16H15F2NO3S. The molecule has 0 spiro atoms. The van der Waals surface area contributed by atoms with Gasteiger partial charge in [-0.2, -0.15) is 8.78 Å². The summed E-state index contributed by atoms with van der Waals surface area (Å²) in [4.78, 5) is 13.3. The van der Waals surface area contributed by atoms with Crippen LogP contribution >= 0.6 is 11.8 Å². The number of carbonyl (C=O) groups is 1. The van der Waals surface area contributed by atoms with E-state index in [1.807, 2.05) is 6.26 Å². The number of benzene rings is 2. The summed E-state index contributed by atoms with van der Waals surface area (Å²) in [6, 6.07) is 11.1. The molecule has 122 valence electrons. The van der Waals surface area contributed by atoms with Gasteiger partial charge >= 0.3 is 6.61 Å².